The van der Waals surface area contributed by atoms with E-state index in [1.807, 2.05) is 18.2 Å². The quantitative estimate of drug-likeness (QED) is 0.614. The molecule has 2 aromatic carbocycles. The Morgan fingerprint density at radius 3 is 2.32 bits per heavy atom. The number of nitrogens with zero attached hydrogens (tertiary/aromatic N) is 1. The second kappa shape index (κ2) is 9.74. The molecule has 0 atom stereocenters. The number of para-hydroxylation sites is 2. The summed E-state index contributed by atoms with van der Waals surface area (Å²) in [5, 5.41) is 3.00. The lowest BCUT2D eigenvalue weighted by molar-refractivity contribution is -0.111. The van der Waals surface area contributed by atoms with Gasteiger partial charge >= 0.3 is 5.97 Å². The first-order valence-corrected chi connectivity index (χ1v) is 9.69. The highest BCUT2D eigenvalue weighted by molar-refractivity contribution is 6.03. The zero-order chi connectivity index (χ0) is 19.8. The van der Waals surface area contributed by atoms with Crippen LogP contribution in [-0.4, -0.2) is 32.1 Å². The van der Waals surface area contributed by atoms with E-state index in [1.165, 1.54) is 38.9 Å². The Bertz CT molecular complexity index is 835. The van der Waals surface area contributed by atoms with Crippen LogP contribution in [0.2, 0.25) is 0 Å². The molecule has 2 aromatic rings. The van der Waals surface area contributed by atoms with Gasteiger partial charge in [-0.15, -0.1) is 0 Å². The molecule has 146 valence electrons. The second-order valence-electron chi connectivity index (χ2n) is 6.85. The Labute approximate surface area is 166 Å². The van der Waals surface area contributed by atoms with E-state index in [1.54, 1.807) is 30.3 Å². The smallest absolute Gasteiger partial charge is 0.337 e. The first kappa shape index (κ1) is 19.7. The fraction of sp³-hybridized carbons (Fsp3) is 0.304. The molecule has 0 spiro atoms. The average molecular weight is 378 g/mol. The summed E-state index contributed by atoms with van der Waals surface area (Å²) in [5.74, 6) is -0.558. The molecule has 1 fully saturated rings. The predicted molar refractivity (Wildman–Crippen MR) is 113 cm³/mol. The van der Waals surface area contributed by atoms with Crippen molar-refractivity contribution in [3.63, 3.8) is 0 Å². The topological polar surface area (TPSA) is 58.6 Å². The minimum Gasteiger partial charge on any atom is -0.465 e. The monoisotopic (exact) mass is 378 g/mol. The van der Waals surface area contributed by atoms with E-state index >= 15 is 0 Å². The number of nitrogens with one attached hydrogen (secondary N) is 1. The summed E-state index contributed by atoms with van der Waals surface area (Å²) >= 11 is 0. The largest absolute Gasteiger partial charge is 0.465 e. The van der Waals surface area contributed by atoms with Crippen molar-refractivity contribution in [2.75, 3.05) is 30.4 Å². The van der Waals surface area contributed by atoms with Crippen molar-refractivity contribution < 1.29 is 14.3 Å². The molecule has 1 saturated heterocycles. The van der Waals surface area contributed by atoms with Gasteiger partial charge in [-0.1, -0.05) is 37.1 Å². The van der Waals surface area contributed by atoms with Crippen molar-refractivity contribution in [1.29, 1.82) is 0 Å². The minimum absolute atomic E-state index is 0.181. The number of hydrogen-bond acceptors (Lipinski definition) is 4. The van der Waals surface area contributed by atoms with Gasteiger partial charge in [0, 0.05) is 19.2 Å². The number of anilines is 2. The van der Waals surface area contributed by atoms with Crippen molar-refractivity contribution in [3.8, 4) is 0 Å². The molecule has 0 aromatic heterocycles. The molecule has 1 N–H and O–H groups in total. The Kier molecular flexibility index (Phi) is 6.84. The molecule has 5 heteroatoms. The standard InChI is InChI=1S/C23H26N2O3/c1-28-23(27)19-13-10-18(11-14-19)12-15-22(26)24-20-8-4-5-9-21(20)25-16-6-2-3-7-17-25/h4-5,8-15H,2-3,6-7,16-17H2,1H3,(H,24,26)/b15-12+. The maximum atomic E-state index is 12.4. The molecule has 1 aliphatic heterocycles. The van der Waals surface area contributed by atoms with Gasteiger partial charge in [-0.2, -0.15) is 0 Å². The van der Waals surface area contributed by atoms with Crippen molar-refractivity contribution in [2.45, 2.75) is 25.7 Å². The highest BCUT2D eigenvalue weighted by Gasteiger charge is 2.14. The molecule has 0 aliphatic carbocycles. The van der Waals surface area contributed by atoms with Crippen LogP contribution in [0.3, 0.4) is 0 Å². The molecular formula is C23H26N2O3. The van der Waals surface area contributed by atoms with Crippen molar-refractivity contribution in [3.05, 3.63) is 65.7 Å². The molecular weight excluding hydrogens is 352 g/mol. The number of ether oxygens (including phenoxy) is 1. The molecule has 3 rings (SSSR count). The van der Waals surface area contributed by atoms with Gasteiger partial charge in [-0.05, 0) is 48.7 Å². The van der Waals surface area contributed by atoms with Crippen LogP contribution in [0.1, 0.15) is 41.6 Å². The molecule has 1 aliphatic rings. The third-order valence-electron chi connectivity index (χ3n) is 4.87. The molecule has 28 heavy (non-hydrogen) atoms. The van der Waals surface area contributed by atoms with Gasteiger partial charge in [0.15, 0.2) is 0 Å². The van der Waals surface area contributed by atoms with Gasteiger partial charge in [0.25, 0.3) is 0 Å². The van der Waals surface area contributed by atoms with Gasteiger partial charge < -0.3 is 15.0 Å². The van der Waals surface area contributed by atoms with Crippen molar-refractivity contribution >= 4 is 29.3 Å². The first-order valence-electron chi connectivity index (χ1n) is 9.69. The highest BCUT2D eigenvalue weighted by Crippen LogP contribution is 2.28. The molecule has 1 heterocycles. The van der Waals surface area contributed by atoms with Crippen LogP contribution in [0.5, 0.6) is 0 Å². The molecule has 0 unspecified atom stereocenters. The van der Waals surface area contributed by atoms with Gasteiger partial charge in [0.05, 0.1) is 24.0 Å². The Morgan fingerprint density at radius 1 is 0.964 bits per heavy atom. The van der Waals surface area contributed by atoms with Crippen LogP contribution in [0.15, 0.2) is 54.6 Å². The zero-order valence-electron chi connectivity index (χ0n) is 16.2. The van der Waals surface area contributed by atoms with Gasteiger partial charge in [0.1, 0.15) is 0 Å². The maximum Gasteiger partial charge on any atom is 0.337 e. The number of carbonyl (C=O) groups is 2. The normalized spacial score (nSPS) is 14.5. The number of methoxy groups -OCH3 is 1. The fourth-order valence-corrected chi connectivity index (χ4v) is 3.36. The van der Waals surface area contributed by atoms with Crippen LogP contribution in [0, 0.1) is 0 Å². The zero-order valence-corrected chi connectivity index (χ0v) is 16.2. The lowest BCUT2D eigenvalue weighted by Crippen LogP contribution is -2.25. The van der Waals surface area contributed by atoms with Crippen molar-refractivity contribution in [2.24, 2.45) is 0 Å². The summed E-state index contributed by atoms with van der Waals surface area (Å²) in [7, 11) is 1.35. The van der Waals surface area contributed by atoms with Crippen molar-refractivity contribution in [1.82, 2.24) is 0 Å². The van der Waals surface area contributed by atoms with E-state index in [0.717, 1.165) is 30.0 Å². The number of carbonyl (C=O) groups excluding carboxylic acids is 2. The number of benzene rings is 2. The lowest BCUT2D eigenvalue weighted by atomic mass is 10.1. The molecule has 1 amide bonds. The predicted octanol–water partition coefficient (Wildman–Crippen LogP) is 4.51. The third-order valence-corrected chi connectivity index (χ3v) is 4.87. The van der Waals surface area contributed by atoms with Crippen LogP contribution in [0.25, 0.3) is 6.08 Å². The first-order chi connectivity index (χ1) is 13.7. The van der Waals surface area contributed by atoms with Gasteiger partial charge in [-0.3, -0.25) is 4.79 Å². The van der Waals surface area contributed by atoms with Gasteiger partial charge in [0.2, 0.25) is 5.91 Å². The van der Waals surface area contributed by atoms with E-state index in [2.05, 4.69) is 21.0 Å². The van der Waals surface area contributed by atoms with E-state index in [-0.39, 0.29) is 11.9 Å². The van der Waals surface area contributed by atoms with Crippen LogP contribution >= 0.6 is 0 Å². The maximum absolute atomic E-state index is 12.4. The Morgan fingerprint density at radius 2 is 1.64 bits per heavy atom. The van der Waals surface area contributed by atoms with E-state index in [9.17, 15) is 9.59 Å². The molecule has 5 nitrogen and oxygen atoms in total. The number of hydrogen-bond donors (Lipinski definition) is 1. The lowest BCUT2D eigenvalue weighted by Gasteiger charge is -2.25. The molecule has 0 radical (unpaired) electrons. The summed E-state index contributed by atoms with van der Waals surface area (Å²) < 4.78 is 4.68. The fourth-order valence-electron chi connectivity index (χ4n) is 3.36. The van der Waals surface area contributed by atoms with Crippen LogP contribution < -0.4 is 10.2 Å². The molecule has 0 saturated carbocycles. The Hall–Kier alpha value is -3.08. The summed E-state index contributed by atoms with van der Waals surface area (Å²) in [5.41, 5.74) is 3.23. The number of rotatable bonds is 5. The van der Waals surface area contributed by atoms with Gasteiger partial charge in [-0.25, -0.2) is 4.79 Å². The third kappa shape index (κ3) is 5.22. The van der Waals surface area contributed by atoms with Crippen LogP contribution in [0.4, 0.5) is 11.4 Å². The average Bonchev–Trinajstić information content (AvgIpc) is 3.02. The van der Waals surface area contributed by atoms with Crippen LogP contribution in [-0.2, 0) is 9.53 Å². The SMILES string of the molecule is COC(=O)c1ccc(/C=C/C(=O)Nc2ccccc2N2CCCCCC2)cc1. The number of amides is 1. The highest BCUT2D eigenvalue weighted by atomic mass is 16.5. The molecule has 0 bridgehead atoms. The summed E-state index contributed by atoms with van der Waals surface area (Å²) in [4.78, 5) is 26.2. The summed E-state index contributed by atoms with van der Waals surface area (Å²) in [6, 6.07) is 14.9. The number of esters is 1. The van der Waals surface area contributed by atoms with E-state index in [0.29, 0.717) is 5.56 Å². The minimum atomic E-state index is -0.376. The second-order valence-corrected chi connectivity index (χ2v) is 6.85. The summed E-state index contributed by atoms with van der Waals surface area (Å²) in [6.45, 7) is 2.05. The Balaban J connectivity index is 1.66. The van der Waals surface area contributed by atoms with E-state index < -0.39 is 0 Å². The summed E-state index contributed by atoms with van der Waals surface area (Å²) in [6.07, 6.45) is 8.13. The van der Waals surface area contributed by atoms with E-state index in [4.69, 9.17) is 0 Å².